The molecule has 0 atom stereocenters. The van der Waals surface area contributed by atoms with Crippen molar-refractivity contribution in [2.24, 2.45) is 0 Å². The first-order valence-electron chi connectivity index (χ1n) is 5.76. The van der Waals surface area contributed by atoms with Gasteiger partial charge in [-0.05, 0) is 36.8 Å². The quantitative estimate of drug-likeness (QED) is 0.939. The molecule has 0 saturated carbocycles. The van der Waals surface area contributed by atoms with Gasteiger partial charge in [0.1, 0.15) is 11.5 Å². The minimum Gasteiger partial charge on any atom is -0.464 e. The highest BCUT2D eigenvalue weighted by atomic mass is 79.9. The molecule has 96 valence electrons. The molecule has 0 aliphatic carbocycles. The first kappa shape index (κ1) is 13.2. The molecule has 0 aliphatic rings. The number of hydrogen-bond donors (Lipinski definition) is 1. The Kier molecular flexibility index (Phi) is 4.09. The zero-order valence-electron chi connectivity index (χ0n) is 10.5. The molecule has 1 aromatic heterocycles. The molecule has 0 fully saturated rings. The van der Waals surface area contributed by atoms with E-state index in [0.717, 1.165) is 33.8 Å². The van der Waals surface area contributed by atoms with Crippen LogP contribution in [-0.4, -0.2) is 12.2 Å². The summed E-state index contributed by atoms with van der Waals surface area (Å²) in [6.07, 6.45) is 0. The fraction of sp³-hybridized carbons (Fsp3) is 0.286. The number of aliphatic hydroxyl groups is 1. The van der Waals surface area contributed by atoms with Gasteiger partial charge in [-0.1, -0.05) is 22.0 Å². The summed E-state index contributed by atoms with van der Waals surface area (Å²) in [5, 5.41) is 9.13. The van der Waals surface area contributed by atoms with Crippen molar-refractivity contribution in [1.29, 1.82) is 0 Å². The predicted octanol–water partition coefficient (Wildman–Crippen LogP) is 3.48. The molecule has 2 aromatic rings. The molecule has 0 aliphatic heterocycles. The van der Waals surface area contributed by atoms with Gasteiger partial charge in [0.2, 0.25) is 0 Å². The number of rotatable bonds is 4. The van der Waals surface area contributed by atoms with Crippen molar-refractivity contribution in [2.45, 2.75) is 20.1 Å². The zero-order chi connectivity index (χ0) is 13.1. The van der Waals surface area contributed by atoms with Crippen molar-refractivity contribution < 1.29 is 9.52 Å². The van der Waals surface area contributed by atoms with Gasteiger partial charge in [0.25, 0.3) is 0 Å². The van der Waals surface area contributed by atoms with Crippen molar-refractivity contribution in [3.63, 3.8) is 0 Å². The normalized spacial score (nSPS) is 10.7. The predicted molar refractivity (Wildman–Crippen MR) is 75.6 cm³/mol. The summed E-state index contributed by atoms with van der Waals surface area (Å²) in [5.41, 5.74) is 1.97. The molecule has 0 radical (unpaired) electrons. The Hall–Kier alpha value is -1.26. The van der Waals surface area contributed by atoms with Gasteiger partial charge in [0.05, 0.1) is 13.2 Å². The highest BCUT2D eigenvalue weighted by Gasteiger charge is 2.07. The van der Waals surface area contributed by atoms with Crippen LogP contribution >= 0.6 is 15.9 Å². The maximum atomic E-state index is 9.13. The van der Waals surface area contributed by atoms with Crippen LogP contribution in [0, 0.1) is 6.92 Å². The van der Waals surface area contributed by atoms with Gasteiger partial charge >= 0.3 is 0 Å². The number of benzene rings is 1. The number of nitrogens with zero attached hydrogens (tertiary/aromatic N) is 1. The molecular formula is C14H16BrNO2. The monoisotopic (exact) mass is 309 g/mol. The topological polar surface area (TPSA) is 36.6 Å². The van der Waals surface area contributed by atoms with E-state index in [1.807, 2.05) is 44.3 Å². The largest absolute Gasteiger partial charge is 0.464 e. The average molecular weight is 310 g/mol. The van der Waals surface area contributed by atoms with E-state index in [2.05, 4.69) is 20.8 Å². The fourth-order valence-corrected chi connectivity index (χ4v) is 2.29. The summed E-state index contributed by atoms with van der Waals surface area (Å²) in [4.78, 5) is 2.10. The summed E-state index contributed by atoms with van der Waals surface area (Å²) in [6.45, 7) is 2.71. The standard InChI is InChI=1S/C14H16BrNO2/c1-10-3-6-13(18-10)8-16(2)12-5-4-11(9-17)14(15)7-12/h3-7,17H,8-9H2,1-2H3. The molecule has 18 heavy (non-hydrogen) atoms. The second-order valence-electron chi connectivity index (χ2n) is 4.30. The molecule has 0 unspecified atom stereocenters. The van der Waals surface area contributed by atoms with Crippen molar-refractivity contribution >= 4 is 21.6 Å². The third-order valence-corrected chi connectivity index (χ3v) is 3.57. The third kappa shape index (κ3) is 2.94. The Morgan fingerprint density at radius 3 is 2.61 bits per heavy atom. The lowest BCUT2D eigenvalue weighted by molar-refractivity contribution is 0.281. The van der Waals surface area contributed by atoms with Crippen molar-refractivity contribution in [2.75, 3.05) is 11.9 Å². The van der Waals surface area contributed by atoms with E-state index in [4.69, 9.17) is 9.52 Å². The van der Waals surface area contributed by atoms with Crippen LogP contribution in [0.5, 0.6) is 0 Å². The molecule has 1 aromatic carbocycles. The highest BCUT2D eigenvalue weighted by molar-refractivity contribution is 9.10. The molecule has 0 saturated heterocycles. The molecule has 1 heterocycles. The van der Waals surface area contributed by atoms with Crippen LogP contribution in [0.1, 0.15) is 17.1 Å². The third-order valence-electron chi connectivity index (χ3n) is 2.84. The first-order chi connectivity index (χ1) is 8.60. The number of furan rings is 1. The lowest BCUT2D eigenvalue weighted by Gasteiger charge is -2.19. The number of hydrogen-bond acceptors (Lipinski definition) is 3. The van der Waals surface area contributed by atoms with E-state index >= 15 is 0 Å². The minimum absolute atomic E-state index is 0.0436. The van der Waals surface area contributed by atoms with Gasteiger partial charge in [-0.3, -0.25) is 0 Å². The summed E-state index contributed by atoms with van der Waals surface area (Å²) in [5.74, 6) is 1.87. The Labute approximate surface area is 115 Å². The molecule has 0 spiro atoms. The Balaban J connectivity index is 2.13. The van der Waals surface area contributed by atoms with Crippen molar-refractivity contribution in [3.05, 3.63) is 51.9 Å². The van der Waals surface area contributed by atoms with Gasteiger partial charge in [-0.15, -0.1) is 0 Å². The van der Waals surface area contributed by atoms with Crippen LogP contribution in [0.4, 0.5) is 5.69 Å². The van der Waals surface area contributed by atoms with Crippen LogP contribution in [-0.2, 0) is 13.2 Å². The second-order valence-corrected chi connectivity index (χ2v) is 5.16. The maximum Gasteiger partial charge on any atom is 0.123 e. The van der Waals surface area contributed by atoms with E-state index < -0.39 is 0 Å². The molecule has 4 heteroatoms. The van der Waals surface area contributed by atoms with Crippen LogP contribution in [0.3, 0.4) is 0 Å². The van der Waals surface area contributed by atoms with Gasteiger partial charge in [0.15, 0.2) is 0 Å². The Morgan fingerprint density at radius 2 is 2.06 bits per heavy atom. The molecule has 0 bridgehead atoms. The smallest absolute Gasteiger partial charge is 0.123 e. The van der Waals surface area contributed by atoms with E-state index in [0.29, 0.717) is 0 Å². The lowest BCUT2D eigenvalue weighted by Crippen LogP contribution is -2.15. The molecular weight excluding hydrogens is 294 g/mol. The summed E-state index contributed by atoms with van der Waals surface area (Å²) in [7, 11) is 2.01. The summed E-state index contributed by atoms with van der Waals surface area (Å²) >= 11 is 3.46. The van der Waals surface area contributed by atoms with E-state index in [9.17, 15) is 0 Å². The lowest BCUT2D eigenvalue weighted by atomic mass is 10.2. The minimum atomic E-state index is 0.0436. The maximum absolute atomic E-state index is 9.13. The Morgan fingerprint density at radius 1 is 1.28 bits per heavy atom. The molecule has 3 nitrogen and oxygen atoms in total. The van der Waals surface area contributed by atoms with E-state index in [1.165, 1.54) is 0 Å². The van der Waals surface area contributed by atoms with Crippen LogP contribution in [0.15, 0.2) is 39.2 Å². The van der Waals surface area contributed by atoms with Crippen molar-refractivity contribution in [1.82, 2.24) is 0 Å². The number of aliphatic hydroxyl groups excluding tert-OH is 1. The van der Waals surface area contributed by atoms with Crippen LogP contribution in [0.2, 0.25) is 0 Å². The van der Waals surface area contributed by atoms with Crippen molar-refractivity contribution in [3.8, 4) is 0 Å². The molecule has 2 rings (SSSR count). The van der Waals surface area contributed by atoms with Crippen LogP contribution in [0.25, 0.3) is 0 Å². The number of aryl methyl sites for hydroxylation is 1. The molecule has 0 amide bonds. The van der Waals surface area contributed by atoms with Gasteiger partial charge in [0, 0.05) is 17.2 Å². The van der Waals surface area contributed by atoms with Gasteiger partial charge < -0.3 is 14.4 Å². The highest BCUT2D eigenvalue weighted by Crippen LogP contribution is 2.24. The number of halogens is 1. The van der Waals surface area contributed by atoms with E-state index in [-0.39, 0.29) is 6.61 Å². The first-order valence-corrected chi connectivity index (χ1v) is 6.55. The van der Waals surface area contributed by atoms with Gasteiger partial charge in [-0.25, -0.2) is 0 Å². The number of anilines is 1. The fourth-order valence-electron chi connectivity index (χ4n) is 1.80. The zero-order valence-corrected chi connectivity index (χ0v) is 12.1. The molecule has 1 N–H and O–H groups in total. The summed E-state index contributed by atoms with van der Waals surface area (Å²) in [6, 6.07) is 9.87. The van der Waals surface area contributed by atoms with Gasteiger partial charge in [-0.2, -0.15) is 0 Å². The van der Waals surface area contributed by atoms with E-state index in [1.54, 1.807) is 0 Å². The average Bonchev–Trinajstić information content (AvgIpc) is 2.74. The SMILES string of the molecule is Cc1ccc(CN(C)c2ccc(CO)c(Br)c2)o1. The summed E-state index contributed by atoms with van der Waals surface area (Å²) < 4.78 is 6.48. The van der Waals surface area contributed by atoms with Crippen LogP contribution < -0.4 is 4.90 Å². The second kappa shape index (κ2) is 5.59. The Bertz CT molecular complexity index is 536.